The molecule has 0 bridgehead atoms. The lowest BCUT2D eigenvalue weighted by Gasteiger charge is -2.04. The predicted molar refractivity (Wildman–Crippen MR) is 81.9 cm³/mol. The monoisotopic (exact) mass is 281 g/mol. The Labute approximate surface area is 122 Å². The summed E-state index contributed by atoms with van der Waals surface area (Å²) < 4.78 is 0. The molecule has 5 nitrogen and oxygen atoms in total. The number of amides is 1. The van der Waals surface area contributed by atoms with Crippen molar-refractivity contribution in [2.24, 2.45) is 15.9 Å². The van der Waals surface area contributed by atoms with Gasteiger partial charge in [0.2, 0.25) is 5.91 Å². The van der Waals surface area contributed by atoms with E-state index in [0.29, 0.717) is 5.56 Å². The maximum atomic E-state index is 11.2. The fourth-order valence-electron chi connectivity index (χ4n) is 1.62. The molecule has 1 amide bonds. The third-order valence-electron chi connectivity index (χ3n) is 2.58. The average Bonchev–Trinajstić information content (AvgIpc) is 2.52. The van der Waals surface area contributed by atoms with Crippen LogP contribution in [-0.2, 0) is 9.63 Å². The minimum Gasteiger partial charge on any atom is -0.380 e. The molecule has 0 saturated heterocycles. The third kappa shape index (κ3) is 4.28. The van der Waals surface area contributed by atoms with Crippen LogP contribution in [0.1, 0.15) is 18.1 Å². The molecule has 2 aromatic carbocycles. The molecule has 0 aliphatic carbocycles. The number of nitrogens with zero attached hydrogens (tertiary/aromatic N) is 2. The van der Waals surface area contributed by atoms with E-state index >= 15 is 0 Å². The van der Waals surface area contributed by atoms with Crippen molar-refractivity contribution in [2.45, 2.75) is 6.92 Å². The first-order valence-corrected chi connectivity index (χ1v) is 6.37. The summed E-state index contributed by atoms with van der Waals surface area (Å²) in [6, 6.07) is 18.2. The van der Waals surface area contributed by atoms with Crippen LogP contribution in [0.15, 0.2) is 70.8 Å². The first-order valence-electron chi connectivity index (χ1n) is 6.37. The zero-order chi connectivity index (χ0) is 15.1. The van der Waals surface area contributed by atoms with Crippen LogP contribution < -0.4 is 5.73 Å². The highest BCUT2D eigenvalue weighted by Gasteiger charge is 2.07. The Morgan fingerprint density at radius 2 is 1.48 bits per heavy atom. The summed E-state index contributed by atoms with van der Waals surface area (Å²) in [5.41, 5.74) is 7.22. The second kappa shape index (κ2) is 7.00. The Hall–Kier alpha value is -2.95. The normalized spacial score (nSPS) is 12.0. The van der Waals surface area contributed by atoms with E-state index in [2.05, 4.69) is 10.1 Å². The van der Waals surface area contributed by atoms with Crippen LogP contribution >= 0.6 is 0 Å². The molecule has 5 heteroatoms. The highest BCUT2D eigenvalue weighted by atomic mass is 16.6. The molecule has 2 N–H and O–H groups in total. The number of aliphatic imine (C=N–C) groups is 1. The number of carbonyl (C=O) groups excluding carboxylic acids is 1. The minimum atomic E-state index is -0.373. The van der Waals surface area contributed by atoms with Crippen LogP contribution in [0.5, 0.6) is 0 Å². The number of rotatable bonds is 3. The maximum Gasteiger partial charge on any atom is 0.259 e. The molecule has 0 heterocycles. The second-order valence-electron chi connectivity index (χ2n) is 4.24. The second-order valence-corrected chi connectivity index (χ2v) is 4.24. The van der Waals surface area contributed by atoms with E-state index in [0.717, 1.165) is 5.56 Å². The van der Waals surface area contributed by atoms with Gasteiger partial charge in [0.1, 0.15) is 0 Å². The summed E-state index contributed by atoms with van der Waals surface area (Å²) in [5, 5.41) is 3.84. The lowest BCUT2D eigenvalue weighted by Crippen LogP contribution is -2.15. The summed E-state index contributed by atoms with van der Waals surface area (Å²) in [4.78, 5) is 20.2. The van der Waals surface area contributed by atoms with E-state index in [1.54, 1.807) is 12.1 Å². The molecule has 0 fully saturated rings. The molecular weight excluding hydrogens is 266 g/mol. The SMILES string of the molecule is CC(=O)N=C(ON=C(N)c1ccccc1)c1ccccc1. The summed E-state index contributed by atoms with van der Waals surface area (Å²) in [7, 11) is 0. The maximum absolute atomic E-state index is 11.2. The lowest BCUT2D eigenvalue weighted by atomic mass is 10.2. The number of hydrogen-bond donors (Lipinski definition) is 1. The van der Waals surface area contributed by atoms with Gasteiger partial charge in [0.05, 0.1) is 0 Å². The highest BCUT2D eigenvalue weighted by molar-refractivity contribution is 6.02. The third-order valence-corrected chi connectivity index (χ3v) is 2.58. The van der Waals surface area contributed by atoms with Gasteiger partial charge in [-0.15, -0.1) is 0 Å². The van der Waals surface area contributed by atoms with Gasteiger partial charge in [-0.1, -0.05) is 53.7 Å². The standard InChI is InChI=1S/C16H15N3O2/c1-12(20)18-16(14-10-6-3-7-11-14)21-19-15(17)13-8-4-2-5-9-13/h2-11H,1H3,(H2,17,19). The van der Waals surface area contributed by atoms with Gasteiger partial charge in [-0.2, -0.15) is 4.99 Å². The molecular formula is C16H15N3O2. The number of nitrogens with two attached hydrogens (primary N) is 1. The number of hydrogen-bond acceptors (Lipinski definition) is 3. The van der Waals surface area contributed by atoms with Crippen molar-refractivity contribution in [3.8, 4) is 0 Å². The van der Waals surface area contributed by atoms with Crippen molar-refractivity contribution in [3.63, 3.8) is 0 Å². The molecule has 0 aromatic heterocycles. The molecule has 0 unspecified atom stereocenters. The predicted octanol–water partition coefficient (Wildman–Crippen LogP) is 2.32. The topological polar surface area (TPSA) is 77.0 Å². The Kier molecular flexibility index (Phi) is 4.82. The summed E-state index contributed by atoms with van der Waals surface area (Å²) in [5.74, 6) is -0.0490. The van der Waals surface area contributed by atoms with E-state index in [-0.39, 0.29) is 17.6 Å². The first-order chi connectivity index (χ1) is 10.2. The fourth-order valence-corrected chi connectivity index (χ4v) is 1.62. The van der Waals surface area contributed by atoms with Crippen molar-refractivity contribution in [1.29, 1.82) is 0 Å². The first kappa shape index (κ1) is 14.5. The van der Waals surface area contributed by atoms with Gasteiger partial charge in [-0.3, -0.25) is 4.79 Å². The molecule has 0 aliphatic heterocycles. The van der Waals surface area contributed by atoms with Crippen LogP contribution in [-0.4, -0.2) is 17.6 Å². The van der Waals surface area contributed by atoms with E-state index in [1.165, 1.54) is 6.92 Å². The zero-order valence-electron chi connectivity index (χ0n) is 11.6. The quantitative estimate of drug-likeness (QED) is 0.533. The molecule has 21 heavy (non-hydrogen) atoms. The van der Waals surface area contributed by atoms with Crippen molar-refractivity contribution in [2.75, 3.05) is 0 Å². The smallest absolute Gasteiger partial charge is 0.259 e. The van der Waals surface area contributed by atoms with Crippen LogP contribution in [0, 0.1) is 0 Å². The Morgan fingerprint density at radius 1 is 0.952 bits per heavy atom. The number of carbonyl (C=O) groups is 1. The van der Waals surface area contributed by atoms with Crippen molar-refractivity contribution >= 4 is 17.6 Å². The minimum absolute atomic E-state index is 0.113. The Morgan fingerprint density at radius 3 is 2.00 bits per heavy atom. The molecule has 0 aliphatic rings. The van der Waals surface area contributed by atoms with Crippen LogP contribution in [0.2, 0.25) is 0 Å². The van der Waals surface area contributed by atoms with Gasteiger partial charge in [-0.25, -0.2) is 0 Å². The molecule has 0 spiro atoms. The van der Waals surface area contributed by atoms with E-state index in [9.17, 15) is 4.79 Å². The Bertz CT molecular complexity index is 664. The number of amidine groups is 1. The summed E-state index contributed by atoms with van der Waals surface area (Å²) in [6.45, 7) is 1.34. The fraction of sp³-hybridized carbons (Fsp3) is 0.0625. The van der Waals surface area contributed by atoms with Crippen molar-refractivity contribution in [3.05, 3.63) is 71.8 Å². The molecule has 0 radical (unpaired) electrons. The Balaban J connectivity index is 2.23. The van der Waals surface area contributed by atoms with Gasteiger partial charge in [-0.05, 0) is 12.1 Å². The molecule has 106 valence electrons. The van der Waals surface area contributed by atoms with Crippen molar-refractivity contribution in [1.82, 2.24) is 0 Å². The summed E-state index contributed by atoms with van der Waals surface area (Å²) in [6.07, 6.45) is 0. The van der Waals surface area contributed by atoms with Crippen LogP contribution in [0.3, 0.4) is 0 Å². The van der Waals surface area contributed by atoms with Crippen LogP contribution in [0.4, 0.5) is 0 Å². The average molecular weight is 281 g/mol. The van der Waals surface area contributed by atoms with Gasteiger partial charge >= 0.3 is 0 Å². The largest absolute Gasteiger partial charge is 0.380 e. The van der Waals surface area contributed by atoms with Gasteiger partial charge < -0.3 is 10.6 Å². The highest BCUT2D eigenvalue weighted by Crippen LogP contribution is 2.05. The summed E-state index contributed by atoms with van der Waals surface area (Å²) >= 11 is 0. The molecule has 2 aromatic rings. The van der Waals surface area contributed by atoms with Gasteiger partial charge in [0, 0.05) is 18.1 Å². The molecule has 0 atom stereocenters. The lowest BCUT2D eigenvalue weighted by molar-refractivity contribution is -0.115. The van der Waals surface area contributed by atoms with E-state index in [1.807, 2.05) is 48.5 Å². The van der Waals surface area contributed by atoms with Gasteiger partial charge in [0.25, 0.3) is 5.90 Å². The van der Waals surface area contributed by atoms with Gasteiger partial charge in [0.15, 0.2) is 5.84 Å². The van der Waals surface area contributed by atoms with E-state index < -0.39 is 0 Å². The van der Waals surface area contributed by atoms with E-state index in [4.69, 9.17) is 10.6 Å². The number of benzene rings is 2. The molecule has 2 rings (SSSR count). The molecule has 0 saturated carbocycles. The van der Waals surface area contributed by atoms with Crippen LogP contribution in [0.25, 0.3) is 0 Å². The zero-order valence-corrected chi connectivity index (χ0v) is 11.6. The van der Waals surface area contributed by atoms with Crippen molar-refractivity contribution < 1.29 is 9.63 Å². The number of oxime groups is 1.